The lowest BCUT2D eigenvalue weighted by molar-refractivity contribution is 0.0563. The van der Waals surface area contributed by atoms with Gasteiger partial charge in [-0.05, 0) is 62.4 Å². The maximum absolute atomic E-state index is 6.14. The lowest BCUT2D eigenvalue weighted by Crippen LogP contribution is -2.51. The molecule has 3 rings (SSSR count). The second kappa shape index (κ2) is 7.39. The van der Waals surface area contributed by atoms with Gasteiger partial charge in [0.25, 0.3) is 0 Å². The predicted molar refractivity (Wildman–Crippen MR) is 92.2 cm³/mol. The summed E-state index contributed by atoms with van der Waals surface area (Å²) in [6, 6.07) is 5.38. The van der Waals surface area contributed by atoms with Gasteiger partial charge in [-0.2, -0.15) is 0 Å². The van der Waals surface area contributed by atoms with Crippen LogP contribution in [0, 0.1) is 5.41 Å². The fourth-order valence-corrected chi connectivity index (χ4v) is 4.22. The minimum Gasteiger partial charge on any atom is -0.491 e. The SMILES string of the molecule is Clc1ccc(OCCN2CCCC3(CCCNC3)C2)c(Cl)c1. The first-order valence-corrected chi connectivity index (χ1v) is 8.93. The van der Waals surface area contributed by atoms with Crippen LogP contribution in [0.25, 0.3) is 0 Å². The van der Waals surface area contributed by atoms with Gasteiger partial charge in [0.05, 0.1) is 5.02 Å². The van der Waals surface area contributed by atoms with Crippen LogP contribution in [0.3, 0.4) is 0 Å². The third-order valence-electron chi connectivity index (χ3n) is 4.86. The van der Waals surface area contributed by atoms with Crippen molar-refractivity contribution in [3.05, 3.63) is 28.2 Å². The van der Waals surface area contributed by atoms with Gasteiger partial charge in [0.15, 0.2) is 0 Å². The maximum atomic E-state index is 6.14. The molecule has 1 atom stereocenters. The largest absolute Gasteiger partial charge is 0.491 e. The molecular weight excluding hydrogens is 319 g/mol. The molecule has 0 bridgehead atoms. The van der Waals surface area contributed by atoms with Crippen LogP contribution >= 0.6 is 23.2 Å². The second-order valence-corrected chi connectivity index (χ2v) is 7.43. The normalized spacial score (nSPS) is 26.3. The van der Waals surface area contributed by atoms with E-state index in [0.717, 1.165) is 12.3 Å². The first-order valence-electron chi connectivity index (χ1n) is 8.18. The van der Waals surface area contributed by atoms with E-state index in [1.807, 2.05) is 12.1 Å². The van der Waals surface area contributed by atoms with Gasteiger partial charge in [-0.1, -0.05) is 23.2 Å². The molecule has 0 amide bonds. The minimum atomic E-state index is 0.494. The highest BCUT2D eigenvalue weighted by molar-refractivity contribution is 6.35. The van der Waals surface area contributed by atoms with E-state index in [1.54, 1.807) is 6.07 Å². The van der Waals surface area contributed by atoms with Crippen molar-refractivity contribution >= 4 is 23.2 Å². The number of hydrogen-bond acceptors (Lipinski definition) is 3. The molecule has 2 aliphatic rings. The Balaban J connectivity index is 1.49. The van der Waals surface area contributed by atoms with E-state index in [4.69, 9.17) is 27.9 Å². The molecule has 1 aromatic rings. The zero-order valence-corrected chi connectivity index (χ0v) is 14.4. The molecule has 2 saturated heterocycles. The van der Waals surface area contributed by atoms with Crippen molar-refractivity contribution in [2.24, 2.45) is 5.41 Å². The highest BCUT2D eigenvalue weighted by atomic mass is 35.5. The molecule has 0 saturated carbocycles. The number of likely N-dealkylation sites (tertiary alicyclic amines) is 1. The molecular formula is C17H24Cl2N2O. The fourth-order valence-electron chi connectivity index (χ4n) is 3.76. The molecule has 2 heterocycles. The third-order valence-corrected chi connectivity index (χ3v) is 5.39. The first kappa shape index (κ1) is 16.4. The number of rotatable bonds is 4. The van der Waals surface area contributed by atoms with Crippen LogP contribution in [0.15, 0.2) is 18.2 Å². The summed E-state index contributed by atoms with van der Waals surface area (Å²) in [5.74, 6) is 0.720. The molecule has 1 spiro atoms. The quantitative estimate of drug-likeness (QED) is 0.899. The van der Waals surface area contributed by atoms with E-state index in [2.05, 4.69) is 10.2 Å². The molecule has 3 nitrogen and oxygen atoms in total. The highest BCUT2D eigenvalue weighted by Gasteiger charge is 2.36. The van der Waals surface area contributed by atoms with Crippen molar-refractivity contribution in [2.45, 2.75) is 25.7 Å². The van der Waals surface area contributed by atoms with Gasteiger partial charge >= 0.3 is 0 Å². The van der Waals surface area contributed by atoms with E-state index in [1.165, 1.54) is 51.9 Å². The first-order chi connectivity index (χ1) is 10.7. The van der Waals surface area contributed by atoms with Crippen LogP contribution < -0.4 is 10.1 Å². The van der Waals surface area contributed by atoms with Crippen molar-refractivity contribution in [3.8, 4) is 5.75 Å². The van der Waals surface area contributed by atoms with Gasteiger partial charge in [0, 0.05) is 24.7 Å². The number of nitrogens with zero attached hydrogens (tertiary/aromatic N) is 1. The molecule has 0 aromatic heterocycles. The van der Waals surface area contributed by atoms with Crippen LogP contribution in [0.2, 0.25) is 10.0 Å². The standard InChI is InChI=1S/C17H24Cl2N2O/c18-14-3-4-16(15(19)11-14)22-10-9-21-8-2-6-17(13-21)5-1-7-20-12-17/h3-4,11,20H,1-2,5-10,12-13H2. The lowest BCUT2D eigenvalue weighted by Gasteiger charge is -2.45. The summed E-state index contributed by atoms with van der Waals surface area (Å²) in [4.78, 5) is 2.54. The molecule has 0 aliphatic carbocycles. The van der Waals surface area contributed by atoms with Crippen molar-refractivity contribution < 1.29 is 4.74 Å². The molecule has 22 heavy (non-hydrogen) atoms. The topological polar surface area (TPSA) is 24.5 Å². The number of nitrogens with one attached hydrogen (secondary N) is 1. The molecule has 122 valence electrons. The molecule has 1 N–H and O–H groups in total. The fraction of sp³-hybridized carbons (Fsp3) is 0.647. The Hall–Kier alpha value is -0.480. The Morgan fingerprint density at radius 1 is 1.23 bits per heavy atom. The zero-order valence-electron chi connectivity index (χ0n) is 12.9. The molecule has 2 aliphatic heterocycles. The Morgan fingerprint density at radius 3 is 2.86 bits per heavy atom. The number of ether oxygens (including phenoxy) is 1. The summed E-state index contributed by atoms with van der Waals surface area (Å²) in [5, 5.41) is 4.79. The molecule has 5 heteroatoms. The van der Waals surface area contributed by atoms with Gasteiger partial charge in [0.2, 0.25) is 0 Å². The van der Waals surface area contributed by atoms with Crippen LogP contribution in [-0.2, 0) is 0 Å². The Kier molecular flexibility index (Phi) is 5.50. The van der Waals surface area contributed by atoms with Crippen LogP contribution in [-0.4, -0.2) is 44.2 Å². The average Bonchev–Trinajstić information content (AvgIpc) is 2.50. The minimum absolute atomic E-state index is 0.494. The molecule has 1 aromatic carbocycles. The van der Waals surface area contributed by atoms with Crippen molar-refractivity contribution in [3.63, 3.8) is 0 Å². The van der Waals surface area contributed by atoms with Crippen LogP contribution in [0.5, 0.6) is 5.75 Å². The van der Waals surface area contributed by atoms with Gasteiger partial charge in [0.1, 0.15) is 12.4 Å². The third kappa shape index (κ3) is 4.08. The van der Waals surface area contributed by atoms with Gasteiger partial charge in [-0.15, -0.1) is 0 Å². The smallest absolute Gasteiger partial charge is 0.138 e. The predicted octanol–water partition coefficient (Wildman–Crippen LogP) is 3.84. The van der Waals surface area contributed by atoms with E-state index in [-0.39, 0.29) is 0 Å². The Labute approximate surface area is 142 Å². The summed E-state index contributed by atoms with van der Waals surface area (Å²) in [6.45, 7) is 6.36. The summed E-state index contributed by atoms with van der Waals surface area (Å²) in [6.07, 6.45) is 5.33. The highest BCUT2D eigenvalue weighted by Crippen LogP contribution is 2.35. The number of benzene rings is 1. The van der Waals surface area contributed by atoms with Crippen LogP contribution in [0.1, 0.15) is 25.7 Å². The van der Waals surface area contributed by atoms with Crippen molar-refractivity contribution in [1.29, 1.82) is 0 Å². The molecule has 1 unspecified atom stereocenters. The Bertz CT molecular complexity index is 498. The molecule has 0 radical (unpaired) electrons. The van der Waals surface area contributed by atoms with E-state index in [0.29, 0.717) is 22.1 Å². The number of piperidine rings is 2. The molecule has 2 fully saturated rings. The number of hydrogen-bond donors (Lipinski definition) is 1. The Morgan fingerprint density at radius 2 is 2.09 bits per heavy atom. The average molecular weight is 343 g/mol. The van der Waals surface area contributed by atoms with Gasteiger partial charge in [-0.25, -0.2) is 0 Å². The number of halogens is 2. The van der Waals surface area contributed by atoms with Gasteiger partial charge in [-0.3, -0.25) is 4.90 Å². The maximum Gasteiger partial charge on any atom is 0.138 e. The van der Waals surface area contributed by atoms with E-state index in [9.17, 15) is 0 Å². The van der Waals surface area contributed by atoms with Gasteiger partial charge < -0.3 is 10.1 Å². The summed E-state index contributed by atoms with van der Waals surface area (Å²) in [5.41, 5.74) is 0.494. The van der Waals surface area contributed by atoms with Crippen molar-refractivity contribution in [2.75, 3.05) is 39.3 Å². The van der Waals surface area contributed by atoms with E-state index < -0.39 is 0 Å². The van der Waals surface area contributed by atoms with Crippen molar-refractivity contribution in [1.82, 2.24) is 10.2 Å². The lowest BCUT2D eigenvalue weighted by atomic mass is 9.74. The second-order valence-electron chi connectivity index (χ2n) is 6.58. The van der Waals surface area contributed by atoms with Crippen LogP contribution in [0.4, 0.5) is 0 Å². The summed E-state index contributed by atoms with van der Waals surface area (Å²) in [7, 11) is 0. The summed E-state index contributed by atoms with van der Waals surface area (Å²) < 4.78 is 5.82. The summed E-state index contributed by atoms with van der Waals surface area (Å²) >= 11 is 12.0. The monoisotopic (exact) mass is 342 g/mol. The van der Waals surface area contributed by atoms with E-state index >= 15 is 0 Å². The zero-order chi connectivity index (χ0) is 15.4.